The van der Waals surface area contributed by atoms with Gasteiger partial charge in [-0.3, -0.25) is 4.79 Å². The second kappa shape index (κ2) is 9.67. The van der Waals surface area contributed by atoms with Crippen LogP contribution in [0.3, 0.4) is 0 Å². The Hall–Kier alpha value is -2.71. The molecule has 0 aliphatic carbocycles. The first-order valence-corrected chi connectivity index (χ1v) is 9.41. The molecule has 0 spiro atoms. The fourth-order valence-corrected chi connectivity index (χ4v) is 2.87. The Morgan fingerprint density at radius 2 is 1.93 bits per heavy atom. The minimum absolute atomic E-state index is 0.0745. The van der Waals surface area contributed by atoms with Crippen molar-refractivity contribution in [1.82, 2.24) is 0 Å². The number of hydrogen-bond acceptors (Lipinski definition) is 7. The molecule has 1 aromatic carbocycles. The van der Waals surface area contributed by atoms with Crippen molar-refractivity contribution in [3.63, 3.8) is 0 Å². The number of phenols is 1. The Bertz CT molecular complexity index is 835. The van der Waals surface area contributed by atoms with Crippen molar-refractivity contribution in [2.75, 3.05) is 11.9 Å². The number of halogens is 1. The highest BCUT2D eigenvalue weighted by Crippen LogP contribution is 2.30. The number of rotatable bonds is 2. The second-order valence-electron chi connectivity index (χ2n) is 6.99. The topological polar surface area (TPSA) is 116 Å². The number of esters is 1. The van der Waals surface area contributed by atoms with Crippen LogP contribution in [-0.2, 0) is 9.53 Å². The van der Waals surface area contributed by atoms with Gasteiger partial charge < -0.3 is 25.4 Å². The van der Waals surface area contributed by atoms with Crippen LogP contribution < -0.4 is 5.32 Å². The quantitative estimate of drug-likeness (QED) is 0.557. The molecule has 0 aromatic heterocycles. The fourth-order valence-electron chi connectivity index (χ4n) is 2.87. The highest BCUT2D eigenvalue weighted by atomic mass is 19.1. The number of hydrogen-bond donors (Lipinski definition) is 4. The number of aliphatic hydroxyl groups is 2. The summed E-state index contributed by atoms with van der Waals surface area (Å²) in [5.41, 5.74) is 0.830. The van der Waals surface area contributed by atoms with Crippen LogP contribution in [0.5, 0.6) is 5.75 Å². The third kappa shape index (κ3) is 5.42. The van der Waals surface area contributed by atoms with Crippen LogP contribution in [0.2, 0.25) is 0 Å². The molecule has 1 aliphatic rings. The summed E-state index contributed by atoms with van der Waals surface area (Å²) in [6.45, 7) is 5.52. The number of aliphatic hydroxyl groups excluding tert-OH is 2. The molecule has 4 atom stereocenters. The lowest BCUT2D eigenvalue weighted by atomic mass is 9.99. The van der Waals surface area contributed by atoms with Gasteiger partial charge in [0.05, 0.1) is 6.10 Å². The van der Waals surface area contributed by atoms with Crippen LogP contribution in [0.25, 0.3) is 6.08 Å². The van der Waals surface area contributed by atoms with Crippen molar-refractivity contribution in [3.8, 4) is 5.75 Å². The van der Waals surface area contributed by atoms with E-state index in [1.807, 2.05) is 6.92 Å². The van der Waals surface area contributed by atoms with Crippen LogP contribution in [0.1, 0.15) is 43.1 Å². The van der Waals surface area contributed by atoms with Gasteiger partial charge >= 0.3 is 5.97 Å². The highest BCUT2D eigenvalue weighted by Gasteiger charge is 2.29. The number of phenolic OH excluding ortho intramolecular Hbond substituents is 1. The molecule has 0 radical (unpaired) electrons. The van der Waals surface area contributed by atoms with E-state index in [0.29, 0.717) is 17.8 Å². The first-order valence-electron chi connectivity index (χ1n) is 9.41. The predicted octanol–water partition coefficient (Wildman–Crippen LogP) is 2.57. The molecular formula is C21H26FNO6. The lowest BCUT2D eigenvalue weighted by molar-refractivity contribution is -0.130. The molecule has 0 amide bonds. The second-order valence-corrected chi connectivity index (χ2v) is 6.99. The standard InChI is InChI=1S/C21H26FNO6/c1-4-23-14-9-13-6-5-7-16(24)20(27)19(26)15(22)8-11(2)12(3)29-21(28)18(13)17(25)10-14/h5-6,8-12,16,20,23-25,27H,4,7H2,1-3H3/b6-5+,15-8+/t11-,12+,16+,20?/m1/s1. The number of fused-ring (bicyclic) bond motifs is 1. The summed E-state index contributed by atoms with van der Waals surface area (Å²) >= 11 is 0. The number of anilines is 1. The summed E-state index contributed by atoms with van der Waals surface area (Å²) in [5, 5.41) is 33.4. The van der Waals surface area contributed by atoms with Crippen LogP contribution >= 0.6 is 0 Å². The highest BCUT2D eigenvalue weighted by molar-refractivity contribution is 5.98. The monoisotopic (exact) mass is 407 g/mol. The maximum atomic E-state index is 14.1. The molecule has 1 aliphatic heterocycles. The summed E-state index contributed by atoms with van der Waals surface area (Å²) in [6, 6.07) is 3.02. The molecule has 0 saturated heterocycles. The van der Waals surface area contributed by atoms with Crippen LogP contribution in [0, 0.1) is 5.92 Å². The zero-order chi connectivity index (χ0) is 21.7. The number of nitrogens with one attached hydrogen (secondary N) is 1. The lowest BCUT2D eigenvalue weighted by Gasteiger charge is -2.21. The molecule has 2 rings (SSSR count). The molecule has 158 valence electrons. The largest absolute Gasteiger partial charge is 0.507 e. The van der Waals surface area contributed by atoms with E-state index >= 15 is 0 Å². The molecule has 7 nitrogen and oxygen atoms in total. The Morgan fingerprint density at radius 3 is 2.59 bits per heavy atom. The van der Waals surface area contributed by atoms with Crippen LogP contribution in [-0.4, -0.2) is 51.9 Å². The minimum Gasteiger partial charge on any atom is -0.507 e. The molecule has 0 saturated carbocycles. The van der Waals surface area contributed by atoms with Crippen molar-refractivity contribution in [1.29, 1.82) is 0 Å². The zero-order valence-corrected chi connectivity index (χ0v) is 16.6. The molecule has 1 aromatic rings. The summed E-state index contributed by atoms with van der Waals surface area (Å²) in [4.78, 5) is 24.7. The van der Waals surface area contributed by atoms with E-state index < -0.39 is 41.8 Å². The van der Waals surface area contributed by atoms with Crippen molar-refractivity contribution in [3.05, 3.63) is 41.2 Å². The molecule has 4 N–H and O–H groups in total. The first-order chi connectivity index (χ1) is 13.6. The normalized spacial score (nSPS) is 29.1. The van der Waals surface area contributed by atoms with Gasteiger partial charge in [-0.05, 0) is 38.0 Å². The lowest BCUT2D eigenvalue weighted by Crippen LogP contribution is -2.34. The molecule has 8 heteroatoms. The van der Waals surface area contributed by atoms with Gasteiger partial charge in [-0.1, -0.05) is 19.1 Å². The summed E-state index contributed by atoms with van der Waals surface area (Å²) in [5.74, 6) is -4.25. The average molecular weight is 407 g/mol. The summed E-state index contributed by atoms with van der Waals surface area (Å²) in [6.07, 6.45) is -0.638. The number of aromatic hydroxyl groups is 1. The van der Waals surface area contributed by atoms with Gasteiger partial charge in [0.1, 0.15) is 23.5 Å². The third-order valence-corrected chi connectivity index (χ3v) is 4.72. The van der Waals surface area contributed by atoms with Crippen molar-refractivity contribution >= 4 is 23.5 Å². The Labute approximate surface area is 168 Å². The number of carbonyl (C=O) groups excluding carboxylic acids is 2. The molecule has 0 bridgehead atoms. The van der Waals surface area contributed by atoms with E-state index in [1.165, 1.54) is 32.1 Å². The summed E-state index contributed by atoms with van der Waals surface area (Å²) in [7, 11) is 0. The van der Waals surface area contributed by atoms with Gasteiger partial charge in [0, 0.05) is 24.2 Å². The van der Waals surface area contributed by atoms with Gasteiger partial charge in [0.15, 0.2) is 5.83 Å². The smallest absolute Gasteiger partial charge is 0.342 e. The van der Waals surface area contributed by atoms with E-state index in [0.717, 1.165) is 6.08 Å². The Kier molecular flexibility index (Phi) is 7.53. The number of carbonyl (C=O) groups is 2. The number of ether oxygens (including phenoxy) is 1. The molecule has 1 heterocycles. The van der Waals surface area contributed by atoms with Crippen LogP contribution in [0.15, 0.2) is 30.1 Å². The number of cyclic esters (lactones) is 1. The number of Topliss-reactive ketones (excluding diaryl/α,β-unsaturated/α-hetero) is 1. The molecule has 29 heavy (non-hydrogen) atoms. The van der Waals surface area contributed by atoms with E-state index in [9.17, 15) is 29.3 Å². The average Bonchev–Trinajstić information content (AvgIpc) is 2.65. The zero-order valence-electron chi connectivity index (χ0n) is 16.6. The van der Waals surface area contributed by atoms with Gasteiger partial charge in [0.25, 0.3) is 0 Å². The van der Waals surface area contributed by atoms with Crippen molar-refractivity contribution in [2.24, 2.45) is 5.92 Å². The summed E-state index contributed by atoms with van der Waals surface area (Å²) < 4.78 is 19.5. The van der Waals surface area contributed by atoms with Crippen molar-refractivity contribution < 1.29 is 34.0 Å². The van der Waals surface area contributed by atoms with E-state index in [1.54, 1.807) is 6.07 Å². The van der Waals surface area contributed by atoms with Gasteiger partial charge in [-0.2, -0.15) is 0 Å². The molecule has 0 fully saturated rings. The fraction of sp³-hybridized carbons (Fsp3) is 0.429. The number of benzene rings is 1. The predicted molar refractivity (Wildman–Crippen MR) is 106 cm³/mol. The first kappa shape index (κ1) is 22.6. The van der Waals surface area contributed by atoms with Gasteiger partial charge in [-0.15, -0.1) is 0 Å². The Balaban J connectivity index is 2.53. The maximum absolute atomic E-state index is 14.1. The molecular weight excluding hydrogens is 381 g/mol. The van der Waals surface area contributed by atoms with E-state index in [4.69, 9.17) is 4.74 Å². The number of ketones is 1. The van der Waals surface area contributed by atoms with Gasteiger partial charge in [-0.25, -0.2) is 9.18 Å². The van der Waals surface area contributed by atoms with Gasteiger partial charge in [0.2, 0.25) is 5.78 Å². The van der Waals surface area contributed by atoms with Crippen molar-refractivity contribution in [2.45, 2.75) is 45.5 Å². The maximum Gasteiger partial charge on any atom is 0.342 e. The molecule has 1 unspecified atom stereocenters. The SMILES string of the molecule is CCNc1cc(O)c2c(c1)/C=C/C[C@H](O)C(O)C(=O)/C(F)=C\[C@@H](C)[C@H](C)OC2=O. The van der Waals surface area contributed by atoms with E-state index in [2.05, 4.69) is 5.32 Å². The van der Waals surface area contributed by atoms with Crippen LogP contribution in [0.4, 0.5) is 10.1 Å². The Morgan fingerprint density at radius 1 is 1.24 bits per heavy atom. The minimum atomic E-state index is -1.93. The third-order valence-electron chi connectivity index (χ3n) is 4.72. The van der Waals surface area contributed by atoms with E-state index in [-0.39, 0.29) is 17.7 Å².